The summed E-state index contributed by atoms with van der Waals surface area (Å²) < 4.78 is 5.64. The monoisotopic (exact) mass is 333 g/mol. The molecule has 4 nitrogen and oxygen atoms in total. The number of thiophene rings is 1. The van der Waals surface area contributed by atoms with Crippen LogP contribution in [0.1, 0.15) is 18.2 Å². The zero-order valence-corrected chi connectivity index (χ0v) is 12.8. The first-order valence-corrected chi connectivity index (χ1v) is 7.34. The molecule has 1 rings (SSSR count). The van der Waals surface area contributed by atoms with Gasteiger partial charge in [-0.3, -0.25) is 9.59 Å². The first kappa shape index (κ1) is 15.2. The average Bonchev–Trinajstić information content (AvgIpc) is 2.75. The maximum absolute atomic E-state index is 11.8. The summed E-state index contributed by atoms with van der Waals surface area (Å²) >= 11 is 5.01. The summed E-state index contributed by atoms with van der Waals surface area (Å²) in [6.45, 7) is 2.32. The Kier molecular flexibility index (Phi) is 6.35. The van der Waals surface area contributed by atoms with E-state index in [0.29, 0.717) is 13.0 Å². The lowest BCUT2D eigenvalue weighted by atomic mass is 10.1. The molecule has 1 atom stereocenters. The first-order chi connectivity index (χ1) is 8.58. The van der Waals surface area contributed by atoms with E-state index in [0.717, 1.165) is 10.9 Å². The fourth-order valence-electron chi connectivity index (χ4n) is 1.52. The number of methoxy groups -OCH3 is 1. The van der Waals surface area contributed by atoms with Crippen molar-refractivity contribution in [2.75, 3.05) is 13.7 Å². The Morgan fingerprint density at radius 1 is 1.56 bits per heavy atom. The highest BCUT2D eigenvalue weighted by Gasteiger charge is 2.24. The normalized spacial score (nSPS) is 11.9. The maximum atomic E-state index is 11.8. The molecule has 0 aliphatic carbocycles. The van der Waals surface area contributed by atoms with Gasteiger partial charge in [0.1, 0.15) is 5.92 Å². The van der Waals surface area contributed by atoms with Crippen LogP contribution in [0.3, 0.4) is 0 Å². The lowest BCUT2D eigenvalue weighted by molar-refractivity contribution is -0.150. The van der Waals surface area contributed by atoms with E-state index in [9.17, 15) is 9.59 Å². The molecule has 0 radical (unpaired) electrons. The molecule has 1 amide bonds. The predicted molar refractivity (Wildman–Crippen MR) is 74.5 cm³/mol. The van der Waals surface area contributed by atoms with E-state index in [4.69, 9.17) is 0 Å². The van der Waals surface area contributed by atoms with Crippen LogP contribution >= 0.6 is 27.3 Å². The van der Waals surface area contributed by atoms with Crippen molar-refractivity contribution in [1.82, 2.24) is 5.32 Å². The Morgan fingerprint density at radius 2 is 2.28 bits per heavy atom. The summed E-state index contributed by atoms with van der Waals surface area (Å²) in [5.41, 5.74) is 0. The lowest BCUT2D eigenvalue weighted by Gasteiger charge is -2.12. The molecule has 1 N–H and O–H groups in total. The van der Waals surface area contributed by atoms with Gasteiger partial charge < -0.3 is 10.1 Å². The van der Waals surface area contributed by atoms with Crippen molar-refractivity contribution in [2.45, 2.75) is 19.8 Å². The zero-order chi connectivity index (χ0) is 13.5. The van der Waals surface area contributed by atoms with Crippen LogP contribution in [0.25, 0.3) is 0 Å². The van der Waals surface area contributed by atoms with E-state index < -0.39 is 11.9 Å². The van der Waals surface area contributed by atoms with Gasteiger partial charge in [0.15, 0.2) is 0 Å². The molecule has 0 bridgehead atoms. The second kappa shape index (κ2) is 7.53. The van der Waals surface area contributed by atoms with Gasteiger partial charge in [-0.25, -0.2) is 0 Å². The summed E-state index contributed by atoms with van der Waals surface area (Å²) in [6.07, 6.45) is 1.21. The number of carbonyl (C=O) groups is 2. The molecule has 6 heteroatoms. The molecule has 1 aromatic heterocycles. The summed E-state index contributed by atoms with van der Waals surface area (Å²) in [5.74, 6) is -1.45. The molecule has 0 saturated heterocycles. The van der Waals surface area contributed by atoms with Gasteiger partial charge in [-0.15, -0.1) is 11.3 Å². The standard InChI is InChI=1S/C12H16BrNO3S/c1-3-10(12(16)17-2)11(15)14-5-4-9-6-8(13)7-18-9/h6-7,10H,3-5H2,1-2H3,(H,14,15). The quantitative estimate of drug-likeness (QED) is 0.642. The number of hydrogen-bond acceptors (Lipinski definition) is 4. The molecular weight excluding hydrogens is 318 g/mol. The highest BCUT2D eigenvalue weighted by molar-refractivity contribution is 9.10. The summed E-state index contributed by atoms with van der Waals surface area (Å²) in [6, 6.07) is 2.02. The lowest BCUT2D eigenvalue weighted by Crippen LogP contribution is -2.36. The van der Waals surface area contributed by atoms with Crippen molar-refractivity contribution in [3.05, 3.63) is 20.8 Å². The fourth-order valence-corrected chi connectivity index (χ4v) is 2.97. The number of rotatable bonds is 6. The van der Waals surface area contributed by atoms with Gasteiger partial charge in [0.25, 0.3) is 0 Å². The first-order valence-electron chi connectivity index (χ1n) is 5.67. The number of hydrogen-bond donors (Lipinski definition) is 1. The van der Waals surface area contributed by atoms with Gasteiger partial charge in [-0.1, -0.05) is 6.92 Å². The van der Waals surface area contributed by atoms with Crippen molar-refractivity contribution in [2.24, 2.45) is 5.92 Å². The molecule has 0 aliphatic rings. The van der Waals surface area contributed by atoms with Crippen molar-refractivity contribution in [3.8, 4) is 0 Å². The summed E-state index contributed by atoms with van der Waals surface area (Å²) in [5, 5.41) is 4.76. The minimum absolute atomic E-state index is 0.264. The largest absolute Gasteiger partial charge is 0.468 e. The molecule has 0 fully saturated rings. The SMILES string of the molecule is CCC(C(=O)NCCc1cc(Br)cs1)C(=O)OC. The topological polar surface area (TPSA) is 55.4 Å². The second-order valence-electron chi connectivity index (χ2n) is 3.76. The molecule has 0 aliphatic heterocycles. The highest BCUT2D eigenvalue weighted by Crippen LogP contribution is 2.19. The third-order valence-corrected chi connectivity index (χ3v) is 4.26. The number of carbonyl (C=O) groups excluding carboxylic acids is 2. The van der Waals surface area contributed by atoms with Gasteiger partial charge >= 0.3 is 5.97 Å². The minimum atomic E-state index is -0.704. The Hall–Kier alpha value is -0.880. The Bertz CT molecular complexity index is 419. The van der Waals surface area contributed by atoms with E-state index >= 15 is 0 Å². The minimum Gasteiger partial charge on any atom is -0.468 e. The molecule has 1 aromatic rings. The molecule has 1 unspecified atom stereocenters. The number of halogens is 1. The van der Waals surface area contributed by atoms with Crippen molar-refractivity contribution in [3.63, 3.8) is 0 Å². The van der Waals surface area contributed by atoms with Gasteiger partial charge in [-0.05, 0) is 34.8 Å². The molecule has 0 aromatic carbocycles. The van der Waals surface area contributed by atoms with Crippen LogP contribution in [0.15, 0.2) is 15.9 Å². The smallest absolute Gasteiger partial charge is 0.318 e. The van der Waals surface area contributed by atoms with Crippen LogP contribution in [0.4, 0.5) is 0 Å². The van der Waals surface area contributed by atoms with E-state index in [1.54, 1.807) is 18.3 Å². The predicted octanol–water partition coefficient (Wildman–Crippen LogP) is 2.37. The van der Waals surface area contributed by atoms with Crippen LogP contribution < -0.4 is 5.32 Å². The van der Waals surface area contributed by atoms with Crippen LogP contribution in [0.2, 0.25) is 0 Å². The average molecular weight is 334 g/mol. The van der Waals surface area contributed by atoms with Crippen molar-refractivity contribution >= 4 is 39.1 Å². The van der Waals surface area contributed by atoms with Crippen LogP contribution in [0.5, 0.6) is 0 Å². The number of esters is 1. The number of ether oxygens (including phenoxy) is 1. The third-order valence-electron chi connectivity index (χ3n) is 2.50. The van der Waals surface area contributed by atoms with Crippen molar-refractivity contribution in [1.29, 1.82) is 0 Å². The van der Waals surface area contributed by atoms with E-state index in [1.165, 1.54) is 12.0 Å². The molecule has 100 valence electrons. The fraction of sp³-hybridized carbons (Fsp3) is 0.500. The van der Waals surface area contributed by atoms with E-state index in [-0.39, 0.29) is 5.91 Å². The molecule has 1 heterocycles. The highest BCUT2D eigenvalue weighted by atomic mass is 79.9. The van der Waals surface area contributed by atoms with Gasteiger partial charge in [-0.2, -0.15) is 0 Å². The molecule has 18 heavy (non-hydrogen) atoms. The number of nitrogens with one attached hydrogen (secondary N) is 1. The summed E-state index contributed by atoms with van der Waals surface area (Å²) in [4.78, 5) is 24.3. The van der Waals surface area contributed by atoms with Crippen LogP contribution in [0, 0.1) is 5.92 Å². The Labute approximate surface area is 119 Å². The van der Waals surface area contributed by atoms with Crippen LogP contribution in [-0.4, -0.2) is 25.5 Å². The van der Waals surface area contributed by atoms with Gasteiger partial charge in [0.05, 0.1) is 7.11 Å². The van der Waals surface area contributed by atoms with Crippen LogP contribution in [-0.2, 0) is 20.7 Å². The van der Waals surface area contributed by atoms with Gasteiger partial charge in [0.2, 0.25) is 5.91 Å². The maximum Gasteiger partial charge on any atom is 0.318 e. The van der Waals surface area contributed by atoms with E-state index in [2.05, 4.69) is 26.0 Å². The molecule has 0 spiro atoms. The second-order valence-corrected chi connectivity index (χ2v) is 5.67. The Balaban J connectivity index is 2.38. The van der Waals surface area contributed by atoms with E-state index in [1.807, 2.05) is 11.4 Å². The molecule has 0 saturated carbocycles. The number of amides is 1. The molecular formula is C12H16BrNO3S. The zero-order valence-electron chi connectivity index (χ0n) is 10.4. The third kappa shape index (κ3) is 4.42. The van der Waals surface area contributed by atoms with Crippen molar-refractivity contribution < 1.29 is 14.3 Å². The van der Waals surface area contributed by atoms with Gasteiger partial charge in [0, 0.05) is 21.3 Å². The Morgan fingerprint density at radius 3 is 2.78 bits per heavy atom. The summed E-state index contributed by atoms with van der Waals surface area (Å²) in [7, 11) is 1.29.